The van der Waals surface area contributed by atoms with Gasteiger partial charge in [0.1, 0.15) is 13.2 Å². The van der Waals surface area contributed by atoms with Crippen LogP contribution in [0.15, 0.2) is 146 Å². The molecule has 0 radical (unpaired) electrons. The fourth-order valence-corrected chi connectivity index (χ4v) is 7.83. The molecule has 0 aromatic heterocycles. The fourth-order valence-electron chi connectivity index (χ4n) is 7.83. The van der Waals surface area contributed by atoms with Crippen molar-refractivity contribution in [1.29, 1.82) is 0 Å². The Bertz CT molecular complexity index is 1660. The maximum absolute atomic E-state index is 12.9. The Morgan fingerprint density at radius 1 is 0.280 bits per heavy atom. The molecule has 0 saturated carbocycles. The number of allylic oxidation sites excluding steroid dienone is 24. The molecule has 0 amide bonds. The summed E-state index contributed by atoms with van der Waals surface area (Å²) in [6.45, 7) is 6.30. The summed E-state index contributed by atoms with van der Waals surface area (Å²) in [4.78, 5) is 38.2. The summed E-state index contributed by atoms with van der Waals surface area (Å²) >= 11 is 0. The first-order chi connectivity index (χ1) is 37.0. The van der Waals surface area contributed by atoms with Gasteiger partial charge in [0.05, 0.1) is 0 Å². The maximum atomic E-state index is 12.9. The second-order valence-electron chi connectivity index (χ2n) is 19.5. The van der Waals surface area contributed by atoms with E-state index in [0.29, 0.717) is 19.3 Å². The summed E-state index contributed by atoms with van der Waals surface area (Å²) in [5.74, 6) is -0.947. The summed E-state index contributed by atoms with van der Waals surface area (Å²) in [5, 5.41) is 0. The van der Waals surface area contributed by atoms with Gasteiger partial charge in [-0.2, -0.15) is 0 Å². The lowest BCUT2D eigenvalue weighted by Gasteiger charge is -2.18. The van der Waals surface area contributed by atoms with E-state index in [0.717, 1.165) is 180 Å². The summed E-state index contributed by atoms with van der Waals surface area (Å²) < 4.78 is 16.8. The van der Waals surface area contributed by atoms with Crippen molar-refractivity contribution in [2.75, 3.05) is 13.2 Å². The lowest BCUT2D eigenvalue weighted by Crippen LogP contribution is -2.30. The zero-order chi connectivity index (χ0) is 54.3. The minimum Gasteiger partial charge on any atom is -0.462 e. The molecule has 75 heavy (non-hydrogen) atoms. The molecule has 0 N–H and O–H groups in total. The lowest BCUT2D eigenvalue weighted by atomic mass is 10.1. The minimum absolute atomic E-state index is 0.101. The van der Waals surface area contributed by atoms with Gasteiger partial charge in [0.15, 0.2) is 6.10 Å². The third-order valence-electron chi connectivity index (χ3n) is 12.3. The van der Waals surface area contributed by atoms with E-state index in [2.05, 4.69) is 167 Å². The standard InChI is InChI=1S/C69H110O6/c1-4-7-10-13-16-19-22-25-27-28-29-30-31-32-33-34-35-36-37-38-39-40-42-44-47-50-53-56-59-62-68(71)74-65-66(64-73-67(70)61-58-55-52-49-46-43-24-21-18-15-12-9-6-3)75-69(72)63-60-57-54-51-48-45-41-26-23-20-17-14-11-8-5-2/h7-8,10-12,15-17,19-21,24-27,29-30,32-33,35-36,38-39,41,66H,4-6,9,13-14,18,22-23,28,31,34,37,40,42-65H2,1-3H3/b10-7-,11-8-,15-12-,19-16-,20-17-,24-21-,27-25-,30-29-,33-32-,36-35-,39-38-,41-26-. The molecule has 0 rings (SSSR count). The van der Waals surface area contributed by atoms with Gasteiger partial charge in [0.25, 0.3) is 0 Å². The topological polar surface area (TPSA) is 78.9 Å². The van der Waals surface area contributed by atoms with Crippen LogP contribution in [0, 0.1) is 0 Å². The van der Waals surface area contributed by atoms with Crippen LogP contribution in [0.3, 0.4) is 0 Å². The van der Waals surface area contributed by atoms with Gasteiger partial charge in [0.2, 0.25) is 0 Å². The van der Waals surface area contributed by atoms with E-state index in [1.807, 2.05) is 0 Å². The summed E-state index contributed by atoms with van der Waals surface area (Å²) in [6.07, 6.45) is 88.4. The summed E-state index contributed by atoms with van der Waals surface area (Å²) in [6, 6.07) is 0. The van der Waals surface area contributed by atoms with Crippen LogP contribution in [0.1, 0.15) is 252 Å². The molecular weight excluding hydrogens is 925 g/mol. The van der Waals surface area contributed by atoms with Crippen molar-refractivity contribution in [3.8, 4) is 0 Å². The Kier molecular flexibility index (Phi) is 58.0. The SMILES string of the molecule is CC/C=C\C/C=C\C/C=C\C/C=C\C/C=C\C/C=C\C/C=C\CCCCCCCCCC(=O)OCC(COC(=O)CCCCCCC/C=C\C/C=C\CCC)OC(=O)CCCCCCC/C=C\C/C=C\C/C=C\CC. The molecule has 0 aliphatic heterocycles. The van der Waals surface area contributed by atoms with Crippen LogP contribution in [0.5, 0.6) is 0 Å². The highest BCUT2D eigenvalue weighted by Gasteiger charge is 2.19. The molecular formula is C69H110O6. The zero-order valence-electron chi connectivity index (χ0n) is 48.3. The molecule has 0 aromatic carbocycles. The average Bonchev–Trinajstić information content (AvgIpc) is 3.41. The molecule has 0 bridgehead atoms. The van der Waals surface area contributed by atoms with Crippen molar-refractivity contribution in [3.05, 3.63) is 146 Å². The van der Waals surface area contributed by atoms with E-state index in [4.69, 9.17) is 14.2 Å². The van der Waals surface area contributed by atoms with Crippen molar-refractivity contribution in [1.82, 2.24) is 0 Å². The Labute approximate surface area is 461 Å². The van der Waals surface area contributed by atoms with E-state index in [9.17, 15) is 14.4 Å². The summed E-state index contributed by atoms with van der Waals surface area (Å²) in [7, 11) is 0. The highest BCUT2D eigenvalue weighted by Crippen LogP contribution is 2.14. The van der Waals surface area contributed by atoms with E-state index in [-0.39, 0.29) is 31.1 Å². The number of esters is 3. The smallest absolute Gasteiger partial charge is 0.306 e. The quantitative estimate of drug-likeness (QED) is 0.0261. The highest BCUT2D eigenvalue weighted by molar-refractivity contribution is 5.71. The molecule has 0 heterocycles. The highest BCUT2D eigenvalue weighted by atomic mass is 16.6. The molecule has 422 valence electrons. The molecule has 0 aromatic rings. The molecule has 1 atom stereocenters. The predicted molar refractivity (Wildman–Crippen MR) is 325 cm³/mol. The van der Waals surface area contributed by atoms with Crippen molar-refractivity contribution in [2.24, 2.45) is 0 Å². The van der Waals surface area contributed by atoms with Crippen LogP contribution in [-0.4, -0.2) is 37.2 Å². The van der Waals surface area contributed by atoms with Crippen LogP contribution < -0.4 is 0 Å². The van der Waals surface area contributed by atoms with Crippen LogP contribution in [0.25, 0.3) is 0 Å². The number of unbranched alkanes of at least 4 members (excludes halogenated alkanes) is 18. The van der Waals surface area contributed by atoms with Crippen molar-refractivity contribution < 1.29 is 28.6 Å². The van der Waals surface area contributed by atoms with Gasteiger partial charge in [-0.05, 0) is 135 Å². The van der Waals surface area contributed by atoms with Crippen molar-refractivity contribution in [3.63, 3.8) is 0 Å². The normalized spacial score (nSPS) is 13.2. The second kappa shape index (κ2) is 61.8. The predicted octanol–water partition coefficient (Wildman–Crippen LogP) is 20.8. The molecule has 0 aliphatic rings. The number of carbonyl (C=O) groups is 3. The fraction of sp³-hybridized carbons (Fsp3) is 0.609. The van der Waals surface area contributed by atoms with Crippen LogP contribution in [0.4, 0.5) is 0 Å². The number of hydrogen-bond acceptors (Lipinski definition) is 6. The number of rotatable bonds is 53. The van der Waals surface area contributed by atoms with Crippen LogP contribution in [-0.2, 0) is 28.6 Å². The largest absolute Gasteiger partial charge is 0.462 e. The summed E-state index contributed by atoms with van der Waals surface area (Å²) in [5.41, 5.74) is 0. The Morgan fingerprint density at radius 3 is 0.813 bits per heavy atom. The number of ether oxygens (including phenoxy) is 3. The Morgan fingerprint density at radius 2 is 0.520 bits per heavy atom. The Hall–Kier alpha value is -4.71. The van der Waals surface area contributed by atoms with Gasteiger partial charge in [-0.15, -0.1) is 0 Å². The van der Waals surface area contributed by atoms with E-state index >= 15 is 0 Å². The monoisotopic (exact) mass is 1030 g/mol. The minimum atomic E-state index is -0.804. The molecule has 0 fully saturated rings. The third-order valence-corrected chi connectivity index (χ3v) is 12.3. The molecule has 1 unspecified atom stereocenters. The van der Waals surface area contributed by atoms with Gasteiger partial charge in [0, 0.05) is 19.3 Å². The van der Waals surface area contributed by atoms with E-state index in [1.54, 1.807) is 0 Å². The first kappa shape index (κ1) is 70.3. The first-order valence-corrected chi connectivity index (χ1v) is 30.3. The molecule has 0 spiro atoms. The maximum Gasteiger partial charge on any atom is 0.306 e. The lowest BCUT2D eigenvalue weighted by molar-refractivity contribution is -0.167. The van der Waals surface area contributed by atoms with Crippen molar-refractivity contribution >= 4 is 17.9 Å². The zero-order valence-corrected chi connectivity index (χ0v) is 48.3. The second-order valence-corrected chi connectivity index (χ2v) is 19.5. The van der Waals surface area contributed by atoms with E-state index in [1.165, 1.54) is 32.1 Å². The van der Waals surface area contributed by atoms with Crippen molar-refractivity contribution in [2.45, 2.75) is 258 Å². The average molecular weight is 1040 g/mol. The van der Waals surface area contributed by atoms with Crippen LogP contribution in [0.2, 0.25) is 0 Å². The molecule has 6 heteroatoms. The number of carbonyl (C=O) groups excluding carboxylic acids is 3. The van der Waals surface area contributed by atoms with Crippen LogP contribution >= 0.6 is 0 Å². The Balaban J connectivity index is 4.36. The van der Waals surface area contributed by atoms with E-state index < -0.39 is 6.10 Å². The third kappa shape index (κ3) is 60.0. The molecule has 0 aliphatic carbocycles. The van der Waals surface area contributed by atoms with Gasteiger partial charge in [-0.25, -0.2) is 0 Å². The number of hydrogen-bond donors (Lipinski definition) is 0. The molecule has 6 nitrogen and oxygen atoms in total. The first-order valence-electron chi connectivity index (χ1n) is 30.3. The van der Waals surface area contributed by atoms with Gasteiger partial charge in [-0.1, -0.05) is 244 Å². The van der Waals surface area contributed by atoms with Gasteiger partial charge >= 0.3 is 17.9 Å². The van der Waals surface area contributed by atoms with Gasteiger partial charge in [-0.3, -0.25) is 14.4 Å². The van der Waals surface area contributed by atoms with Gasteiger partial charge < -0.3 is 14.2 Å². The molecule has 0 saturated heterocycles.